The molecule has 14 nitrogen and oxygen atoms in total. The van der Waals surface area contributed by atoms with Gasteiger partial charge in [-0.25, -0.2) is 0 Å². The summed E-state index contributed by atoms with van der Waals surface area (Å²) in [5.41, 5.74) is 2.56. The first kappa shape index (κ1) is 49.2. The van der Waals surface area contributed by atoms with Crippen molar-refractivity contribution in [3.8, 4) is 0 Å². The summed E-state index contributed by atoms with van der Waals surface area (Å²) in [7, 11) is -12.9. The molecule has 60 heavy (non-hydrogen) atoms. The van der Waals surface area contributed by atoms with Gasteiger partial charge in [-0.05, 0) is 81.0 Å². The molecule has 4 rings (SSSR count). The monoisotopic (exact) mass is 894 g/mol. The van der Waals surface area contributed by atoms with E-state index in [0.717, 1.165) is 54.0 Å². The van der Waals surface area contributed by atoms with E-state index in [9.17, 15) is 48.5 Å². The number of anilines is 1. The van der Waals surface area contributed by atoms with Gasteiger partial charge in [-0.3, -0.25) is 28.1 Å². The average Bonchev–Trinajstić information content (AvgIpc) is 3.48. The largest absolute Gasteiger partial charge is 0.356 e. The highest BCUT2D eigenvalue weighted by Gasteiger charge is 2.50. The Morgan fingerprint density at radius 2 is 1.47 bits per heavy atom. The summed E-state index contributed by atoms with van der Waals surface area (Å²) in [6, 6.07) is 12.1. The summed E-state index contributed by atoms with van der Waals surface area (Å²) in [5, 5.41) is 2.97. The number of hydrogen-bond donors (Lipinski definition) is 5. The standard InChI is InChI=1S/C43H63N3O11S3/c1-41(2,3)39(47)21-11-13-26-44-40(48)22-8-7-12-25-43(6)33-17-9-10-18-35(33)46(28-16-30-59(52,53)54)38(43)20-14-19-37-42(4,5)34-31-32(60(55,56)57)23-24-36(34)45(37)27-15-29-58(49,50)51/h9-10,14,17-20,23-24,31,38H,7-8,11-13,15-16,21-22,25-30H2,1-6H3,(H,44,48)(H,49,50,51)(H,52,53,54)(H,55,56,57)/p+1/b20-14+,37-19+. The molecule has 1 amide bonds. The van der Waals surface area contributed by atoms with Crippen LogP contribution >= 0.6 is 0 Å². The summed E-state index contributed by atoms with van der Waals surface area (Å²) in [4.78, 5) is 27.4. The number of unbranched alkanes of at least 4 members (excludes halogenated alkanes) is 3. The van der Waals surface area contributed by atoms with E-state index >= 15 is 0 Å². The molecule has 2 heterocycles. The second kappa shape index (κ2) is 19.7. The highest BCUT2D eigenvalue weighted by molar-refractivity contribution is 7.86. The van der Waals surface area contributed by atoms with E-state index in [2.05, 4.69) is 24.4 Å². The van der Waals surface area contributed by atoms with E-state index in [1.807, 2.05) is 69.9 Å². The van der Waals surface area contributed by atoms with Crippen molar-refractivity contribution < 1.29 is 53.4 Å². The molecule has 334 valence electrons. The van der Waals surface area contributed by atoms with Crippen LogP contribution in [0.4, 0.5) is 11.4 Å². The Labute approximate surface area is 357 Å². The number of amides is 1. The van der Waals surface area contributed by atoms with Crippen LogP contribution in [0, 0.1) is 5.41 Å². The van der Waals surface area contributed by atoms with Crippen molar-refractivity contribution in [2.24, 2.45) is 5.41 Å². The number of quaternary nitrogens is 1. The summed E-state index contributed by atoms with van der Waals surface area (Å²) in [6.07, 6.45) is 11.7. The van der Waals surface area contributed by atoms with E-state index in [4.69, 9.17) is 0 Å². The third-order valence-electron chi connectivity index (χ3n) is 11.9. The molecule has 17 heteroatoms. The van der Waals surface area contributed by atoms with Crippen molar-refractivity contribution in [3.05, 3.63) is 77.5 Å². The molecule has 0 fully saturated rings. The number of Topliss-reactive ketones (excluding diaryl/α,β-unsaturated/α-hetero) is 1. The molecule has 0 saturated heterocycles. The van der Waals surface area contributed by atoms with Crippen molar-refractivity contribution in [3.63, 3.8) is 0 Å². The maximum Gasteiger partial charge on any atom is 0.294 e. The summed E-state index contributed by atoms with van der Waals surface area (Å²) >= 11 is 0. The third-order valence-corrected chi connectivity index (χ3v) is 14.3. The molecule has 0 aliphatic carbocycles. The minimum atomic E-state index is -4.51. The minimum Gasteiger partial charge on any atom is -0.356 e. The van der Waals surface area contributed by atoms with Crippen LogP contribution in [0.3, 0.4) is 0 Å². The van der Waals surface area contributed by atoms with E-state index in [0.29, 0.717) is 43.6 Å². The molecule has 0 bridgehead atoms. The topological polar surface area (TPSA) is 217 Å². The average molecular weight is 895 g/mol. The van der Waals surface area contributed by atoms with E-state index in [-0.39, 0.29) is 53.2 Å². The number of benzene rings is 2. The maximum atomic E-state index is 12.6. The predicted octanol–water partition coefficient (Wildman–Crippen LogP) is 5.74. The van der Waals surface area contributed by atoms with Crippen LogP contribution in [-0.2, 0) is 50.8 Å². The van der Waals surface area contributed by atoms with Crippen LogP contribution in [0.25, 0.3) is 0 Å². The fraction of sp³-hybridized carbons (Fsp3) is 0.581. The second-order valence-electron chi connectivity index (χ2n) is 17.9. The van der Waals surface area contributed by atoms with Crippen molar-refractivity contribution in [2.45, 2.75) is 128 Å². The van der Waals surface area contributed by atoms with Gasteiger partial charge in [0, 0.05) is 60.1 Å². The van der Waals surface area contributed by atoms with Gasteiger partial charge in [0.2, 0.25) is 5.91 Å². The van der Waals surface area contributed by atoms with Crippen LogP contribution in [0.1, 0.15) is 117 Å². The highest BCUT2D eigenvalue weighted by Crippen LogP contribution is 2.49. The Hall–Kier alpha value is -3.45. The number of nitrogens with one attached hydrogen (secondary N) is 2. The number of fused-ring (bicyclic) bond motifs is 2. The molecule has 2 aromatic carbocycles. The number of hydrogen-bond acceptors (Lipinski definition) is 9. The maximum absolute atomic E-state index is 12.6. The highest BCUT2D eigenvalue weighted by atomic mass is 32.2. The molecule has 0 aromatic heterocycles. The van der Waals surface area contributed by atoms with Crippen molar-refractivity contribution in [1.82, 2.24) is 5.32 Å². The Morgan fingerprint density at radius 1 is 0.817 bits per heavy atom. The van der Waals surface area contributed by atoms with Crippen molar-refractivity contribution >= 4 is 53.4 Å². The van der Waals surface area contributed by atoms with Crippen molar-refractivity contribution in [1.29, 1.82) is 0 Å². The first-order valence-corrected chi connectivity index (χ1v) is 25.4. The van der Waals surface area contributed by atoms with Gasteiger partial charge in [0.15, 0.2) is 0 Å². The van der Waals surface area contributed by atoms with Crippen LogP contribution in [0.5, 0.6) is 0 Å². The quantitative estimate of drug-likeness (QED) is 0.0707. The van der Waals surface area contributed by atoms with Gasteiger partial charge < -0.3 is 10.2 Å². The SMILES string of the molecule is CC(C)(C)C(=O)CCCCNC(=O)CCCCCC1(C)c2ccccc2[NH+](CCCS(=O)(=O)O)C1/C=C/C=C1/N(CCCS(=O)(=O)O)c2ccc(S(=O)(=O)O)cc2C1(C)C. The second-order valence-corrected chi connectivity index (χ2v) is 22.5. The molecule has 5 N–H and O–H groups in total. The van der Waals surface area contributed by atoms with Crippen LogP contribution in [0.15, 0.2) is 71.3 Å². The molecule has 2 aliphatic rings. The molecule has 0 radical (unpaired) electrons. The molecule has 3 unspecified atom stereocenters. The van der Waals surface area contributed by atoms with Gasteiger partial charge in [-0.2, -0.15) is 25.3 Å². The number of ketones is 1. The lowest BCUT2D eigenvalue weighted by molar-refractivity contribution is -0.850. The first-order valence-electron chi connectivity index (χ1n) is 20.7. The van der Waals surface area contributed by atoms with Gasteiger partial charge in [0.05, 0.1) is 28.4 Å². The Morgan fingerprint density at radius 3 is 2.12 bits per heavy atom. The van der Waals surface area contributed by atoms with E-state index < -0.39 is 46.9 Å². The number of allylic oxidation sites excluding steroid dienone is 3. The third kappa shape index (κ3) is 13.0. The summed E-state index contributed by atoms with van der Waals surface area (Å²) < 4.78 is 99.8. The van der Waals surface area contributed by atoms with Gasteiger partial charge in [0.1, 0.15) is 17.5 Å². The zero-order valence-corrected chi connectivity index (χ0v) is 38.2. The van der Waals surface area contributed by atoms with Gasteiger partial charge in [-0.1, -0.05) is 71.7 Å². The number of carbonyl (C=O) groups is 2. The molecule has 0 saturated carbocycles. The Bertz CT molecular complexity index is 2260. The van der Waals surface area contributed by atoms with Gasteiger partial charge in [-0.15, -0.1) is 0 Å². The number of carbonyl (C=O) groups excluding carboxylic acids is 2. The summed E-state index contributed by atoms with van der Waals surface area (Å²) in [5.74, 6) is -0.663. The molecular formula is C43H64N3O11S3+. The first-order chi connectivity index (χ1) is 27.8. The molecule has 2 aromatic rings. The smallest absolute Gasteiger partial charge is 0.294 e. The molecule has 2 aliphatic heterocycles. The molecule has 3 atom stereocenters. The summed E-state index contributed by atoms with van der Waals surface area (Å²) in [6.45, 7) is 12.9. The number of rotatable bonds is 22. The lowest BCUT2D eigenvalue weighted by Gasteiger charge is -2.31. The number of para-hydroxylation sites is 1. The number of nitrogens with zero attached hydrogens (tertiary/aromatic N) is 1. The lowest BCUT2D eigenvalue weighted by Crippen LogP contribution is -3.11. The fourth-order valence-electron chi connectivity index (χ4n) is 8.61. The Balaban J connectivity index is 1.57. The molecular weight excluding hydrogens is 831 g/mol. The fourth-order valence-corrected chi connectivity index (χ4v) is 10.1. The minimum absolute atomic E-state index is 0.0175. The van der Waals surface area contributed by atoms with Crippen LogP contribution < -0.4 is 15.1 Å². The zero-order valence-electron chi connectivity index (χ0n) is 35.7. The predicted molar refractivity (Wildman–Crippen MR) is 233 cm³/mol. The normalized spacial score (nSPS) is 21.1. The van der Waals surface area contributed by atoms with Gasteiger partial charge in [0.25, 0.3) is 30.4 Å². The van der Waals surface area contributed by atoms with Crippen molar-refractivity contribution in [2.75, 3.05) is 36.0 Å². The zero-order chi connectivity index (χ0) is 44.7. The van der Waals surface area contributed by atoms with Crippen LogP contribution in [0.2, 0.25) is 0 Å². The molecule has 0 spiro atoms. The van der Waals surface area contributed by atoms with Gasteiger partial charge >= 0.3 is 0 Å². The van der Waals surface area contributed by atoms with E-state index in [1.54, 1.807) is 6.07 Å². The van der Waals surface area contributed by atoms with Crippen LogP contribution in [-0.4, -0.2) is 87.8 Å². The lowest BCUT2D eigenvalue weighted by atomic mass is 9.74. The van der Waals surface area contributed by atoms with E-state index in [1.165, 1.54) is 12.1 Å². The Kier molecular flexibility index (Phi) is 16.2.